The number of rotatable bonds is 2. The first-order valence-corrected chi connectivity index (χ1v) is 8.71. The van der Waals surface area contributed by atoms with Crippen LogP contribution in [0.15, 0.2) is 36.4 Å². The van der Waals surface area contributed by atoms with E-state index in [-0.39, 0.29) is 0 Å². The standard InChI is InChI=1S/C19H22IN/c1-12-4-5-14(10-13(12)2)16-8-9-19(21-3)18-11-15(20)6-7-17(16)18/h4-7,10-11,16,19,21H,8-9H2,1-3H3/t16-,19-/m0/s1. The molecule has 1 N–H and O–H groups in total. The summed E-state index contributed by atoms with van der Waals surface area (Å²) in [6.45, 7) is 4.40. The first-order valence-electron chi connectivity index (χ1n) is 7.64. The van der Waals surface area contributed by atoms with E-state index in [1.165, 1.54) is 44.2 Å². The summed E-state index contributed by atoms with van der Waals surface area (Å²) < 4.78 is 1.33. The molecule has 2 heteroatoms. The molecule has 110 valence electrons. The van der Waals surface area contributed by atoms with E-state index >= 15 is 0 Å². The van der Waals surface area contributed by atoms with E-state index in [2.05, 4.69) is 85.2 Å². The number of hydrogen-bond donors (Lipinski definition) is 1. The zero-order valence-corrected chi connectivity index (χ0v) is 15.1. The molecule has 0 amide bonds. The Morgan fingerprint density at radius 3 is 2.48 bits per heavy atom. The lowest BCUT2D eigenvalue weighted by atomic mass is 9.76. The maximum Gasteiger partial charge on any atom is 0.0321 e. The highest BCUT2D eigenvalue weighted by Gasteiger charge is 2.27. The first kappa shape index (κ1) is 15.0. The van der Waals surface area contributed by atoms with Crippen molar-refractivity contribution in [1.29, 1.82) is 0 Å². The molecule has 2 aromatic rings. The van der Waals surface area contributed by atoms with Crippen LogP contribution in [0.25, 0.3) is 0 Å². The first-order chi connectivity index (χ1) is 10.1. The van der Waals surface area contributed by atoms with Crippen molar-refractivity contribution >= 4 is 22.6 Å². The van der Waals surface area contributed by atoms with Crippen LogP contribution in [0, 0.1) is 17.4 Å². The topological polar surface area (TPSA) is 12.0 Å². The zero-order valence-electron chi connectivity index (χ0n) is 12.9. The maximum absolute atomic E-state index is 3.48. The van der Waals surface area contributed by atoms with Crippen molar-refractivity contribution in [2.24, 2.45) is 0 Å². The van der Waals surface area contributed by atoms with Gasteiger partial charge in [0.1, 0.15) is 0 Å². The molecule has 1 aliphatic rings. The van der Waals surface area contributed by atoms with Crippen molar-refractivity contribution in [2.45, 2.75) is 38.6 Å². The van der Waals surface area contributed by atoms with Crippen molar-refractivity contribution in [2.75, 3.05) is 7.05 Å². The van der Waals surface area contributed by atoms with Gasteiger partial charge in [0.25, 0.3) is 0 Å². The monoisotopic (exact) mass is 391 g/mol. The van der Waals surface area contributed by atoms with Crippen LogP contribution >= 0.6 is 22.6 Å². The Kier molecular flexibility index (Phi) is 4.36. The van der Waals surface area contributed by atoms with Crippen molar-refractivity contribution in [3.63, 3.8) is 0 Å². The molecule has 3 rings (SSSR count). The average molecular weight is 391 g/mol. The fraction of sp³-hybridized carbons (Fsp3) is 0.368. The SMILES string of the molecule is CN[C@H]1CC[C@@H](c2ccc(C)c(C)c2)c2ccc(I)cc21. The molecule has 0 bridgehead atoms. The van der Waals surface area contributed by atoms with Gasteiger partial charge in [0.05, 0.1) is 0 Å². The van der Waals surface area contributed by atoms with Gasteiger partial charge in [0.15, 0.2) is 0 Å². The molecule has 0 unspecified atom stereocenters. The molecular weight excluding hydrogens is 369 g/mol. The number of nitrogens with one attached hydrogen (secondary N) is 1. The largest absolute Gasteiger partial charge is 0.313 e. The zero-order chi connectivity index (χ0) is 15.0. The van der Waals surface area contributed by atoms with Gasteiger partial charge in [-0.15, -0.1) is 0 Å². The van der Waals surface area contributed by atoms with E-state index in [0.717, 1.165) is 0 Å². The molecule has 0 aromatic heterocycles. The lowest BCUT2D eigenvalue weighted by Crippen LogP contribution is -2.24. The molecular formula is C19H22IN. The van der Waals surface area contributed by atoms with Gasteiger partial charge in [0, 0.05) is 15.5 Å². The summed E-state index contributed by atoms with van der Waals surface area (Å²) in [5, 5.41) is 3.48. The predicted octanol–water partition coefficient (Wildman–Crippen LogP) is 5.09. The molecule has 21 heavy (non-hydrogen) atoms. The number of hydrogen-bond acceptors (Lipinski definition) is 1. The molecule has 0 fully saturated rings. The van der Waals surface area contributed by atoms with Gasteiger partial charge in [-0.25, -0.2) is 0 Å². The van der Waals surface area contributed by atoms with Crippen molar-refractivity contribution in [1.82, 2.24) is 5.32 Å². The fourth-order valence-electron chi connectivity index (χ4n) is 3.44. The van der Waals surface area contributed by atoms with Crippen LogP contribution in [-0.4, -0.2) is 7.05 Å². The summed E-state index contributed by atoms with van der Waals surface area (Å²) in [6, 6.07) is 14.4. The van der Waals surface area contributed by atoms with Crippen LogP contribution in [0.2, 0.25) is 0 Å². The molecule has 2 aromatic carbocycles. The van der Waals surface area contributed by atoms with Gasteiger partial charge in [-0.05, 0) is 96.3 Å². The molecule has 2 atom stereocenters. The van der Waals surface area contributed by atoms with Crippen LogP contribution in [0.1, 0.15) is 52.6 Å². The van der Waals surface area contributed by atoms with E-state index in [0.29, 0.717) is 12.0 Å². The predicted molar refractivity (Wildman–Crippen MR) is 98.0 cm³/mol. The molecule has 0 heterocycles. The van der Waals surface area contributed by atoms with E-state index < -0.39 is 0 Å². The minimum absolute atomic E-state index is 0.498. The van der Waals surface area contributed by atoms with Crippen molar-refractivity contribution < 1.29 is 0 Å². The van der Waals surface area contributed by atoms with E-state index in [9.17, 15) is 0 Å². The van der Waals surface area contributed by atoms with Crippen LogP contribution in [0.3, 0.4) is 0 Å². The second-order valence-electron chi connectivity index (χ2n) is 6.09. The number of halogens is 1. The molecule has 0 saturated heterocycles. The van der Waals surface area contributed by atoms with E-state index in [1.54, 1.807) is 0 Å². The lowest BCUT2D eigenvalue weighted by Gasteiger charge is -2.32. The Morgan fingerprint density at radius 1 is 0.952 bits per heavy atom. The van der Waals surface area contributed by atoms with E-state index in [1.807, 2.05) is 0 Å². The third-order valence-electron chi connectivity index (χ3n) is 4.83. The highest BCUT2D eigenvalue weighted by atomic mass is 127. The third kappa shape index (κ3) is 2.88. The molecule has 0 spiro atoms. The van der Waals surface area contributed by atoms with Crippen LogP contribution < -0.4 is 5.32 Å². The maximum atomic E-state index is 3.48. The van der Waals surface area contributed by atoms with Crippen LogP contribution in [0.4, 0.5) is 0 Å². The third-order valence-corrected chi connectivity index (χ3v) is 5.50. The Balaban J connectivity index is 2.07. The van der Waals surface area contributed by atoms with Gasteiger partial charge >= 0.3 is 0 Å². The highest BCUT2D eigenvalue weighted by Crippen LogP contribution is 2.41. The molecule has 1 nitrogen and oxygen atoms in total. The van der Waals surface area contributed by atoms with E-state index in [4.69, 9.17) is 0 Å². The minimum Gasteiger partial charge on any atom is -0.313 e. The fourth-order valence-corrected chi connectivity index (χ4v) is 3.95. The summed E-state index contributed by atoms with van der Waals surface area (Å²) in [6.07, 6.45) is 2.43. The normalized spacial score (nSPS) is 21.1. The second kappa shape index (κ2) is 6.09. The molecule has 0 radical (unpaired) electrons. The summed E-state index contributed by atoms with van der Waals surface area (Å²) in [7, 11) is 2.07. The highest BCUT2D eigenvalue weighted by molar-refractivity contribution is 14.1. The minimum atomic E-state index is 0.498. The summed E-state index contributed by atoms with van der Waals surface area (Å²) >= 11 is 2.42. The summed E-state index contributed by atoms with van der Waals surface area (Å²) in [5.41, 5.74) is 7.24. The molecule has 1 aliphatic carbocycles. The van der Waals surface area contributed by atoms with Gasteiger partial charge in [-0.2, -0.15) is 0 Å². The van der Waals surface area contributed by atoms with Crippen molar-refractivity contribution in [3.8, 4) is 0 Å². The average Bonchev–Trinajstić information content (AvgIpc) is 2.49. The smallest absolute Gasteiger partial charge is 0.0321 e. The van der Waals surface area contributed by atoms with Gasteiger partial charge in [-0.1, -0.05) is 24.3 Å². The Morgan fingerprint density at radius 2 is 1.76 bits per heavy atom. The Labute approximate surface area is 141 Å². The number of aryl methyl sites for hydroxylation is 2. The van der Waals surface area contributed by atoms with Gasteiger partial charge < -0.3 is 5.32 Å². The molecule has 0 saturated carbocycles. The molecule has 0 aliphatic heterocycles. The summed E-state index contributed by atoms with van der Waals surface area (Å²) in [4.78, 5) is 0. The Bertz CT molecular complexity index is 663. The van der Waals surface area contributed by atoms with Crippen molar-refractivity contribution in [3.05, 3.63) is 67.8 Å². The summed E-state index contributed by atoms with van der Waals surface area (Å²) in [5.74, 6) is 0.542. The van der Waals surface area contributed by atoms with Gasteiger partial charge in [0.2, 0.25) is 0 Å². The van der Waals surface area contributed by atoms with Crippen LogP contribution in [0.5, 0.6) is 0 Å². The second-order valence-corrected chi connectivity index (χ2v) is 7.33. The lowest BCUT2D eigenvalue weighted by molar-refractivity contribution is 0.470. The number of benzene rings is 2. The Hall–Kier alpha value is -0.870. The quantitative estimate of drug-likeness (QED) is 0.703. The van der Waals surface area contributed by atoms with Gasteiger partial charge in [-0.3, -0.25) is 0 Å². The van der Waals surface area contributed by atoms with Crippen LogP contribution in [-0.2, 0) is 0 Å². The number of fused-ring (bicyclic) bond motifs is 1.